The van der Waals surface area contributed by atoms with Crippen molar-refractivity contribution in [2.45, 2.75) is 22.6 Å². The summed E-state index contributed by atoms with van der Waals surface area (Å²) in [5, 5.41) is 0. The molecule has 0 amide bonds. The number of hydrogen-bond donors (Lipinski definition) is 0. The molecule has 0 aromatic heterocycles. The number of nitrogens with zero attached hydrogens (tertiary/aromatic N) is 1. The minimum atomic E-state index is -3.90. The van der Waals surface area contributed by atoms with Gasteiger partial charge in [0.05, 0.1) is 4.90 Å². The number of rotatable bonds is 5. The van der Waals surface area contributed by atoms with Crippen molar-refractivity contribution in [1.29, 1.82) is 0 Å². The van der Waals surface area contributed by atoms with Crippen LogP contribution in [0, 0.1) is 15.2 Å². The molecule has 7 heteroatoms. The molecule has 1 atom stereocenters. The van der Waals surface area contributed by atoms with E-state index in [9.17, 15) is 17.2 Å². The lowest BCUT2D eigenvalue weighted by Crippen LogP contribution is -2.39. The van der Waals surface area contributed by atoms with E-state index in [2.05, 4.69) is 4.90 Å². The van der Waals surface area contributed by atoms with Gasteiger partial charge in [0.15, 0.2) is 9.84 Å². The molecule has 0 unspecified atom stereocenters. The normalized spacial score (nSPS) is 19.8. The van der Waals surface area contributed by atoms with Gasteiger partial charge in [0, 0.05) is 23.2 Å². The molecule has 1 heterocycles. The topological polar surface area (TPSA) is 37.4 Å². The van der Waals surface area contributed by atoms with E-state index in [0.717, 1.165) is 17.7 Å². The lowest BCUT2D eigenvalue weighted by atomic mass is 9.97. The number of benzene rings is 3. The van der Waals surface area contributed by atoms with Gasteiger partial charge in [0.2, 0.25) is 0 Å². The van der Waals surface area contributed by atoms with Gasteiger partial charge in [-0.2, -0.15) is 0 Å². The second-order valence-electron chi connectivity index (χ2n) is 7.53. The summed E-state index contributed by atoms with van der Waals surface area (Å²) in [6, 6.07) is 19.3. The highest BCUT2D eigenvalue weighted by Crippen LogP contribution is 2.44. The van der Waals surface area contributed by atoms with Crippen molar-refractivity contribution in [2.24, 2.45) is 0 Å². The zero-order valence-corrected chi connectivity index (χ0v) is 19.0. The second kappa shape index (κ2) is 8.36. The Labute approximate surface area is 188 Å². The summed E-state index contributed by atoms with van der Waals surface area (Å²) in [6.07, 6.45) is 0.333. The summed E-state index contributed by atoms with van der Waals surface area (Å²) < 4.78 is 54.6. The molecule has 3 aromatic rings. The smallest absolute Gasteiger partial charge is 0.189 e. The Balaban J connectivity index is 1.78. The Morgan fingerprint density at radius 3 is 2.33 bits per heavy atom. The largest absolute Gasteiger partial charge is 0.297 e. The van der Waals surface area contributed by atoms with E-state index in [1.54, 1.807) is 12.1 Å². The third kappa shape index (κ3) is 3.90. The van der Waals surface area contributed by atoms with Gasteiger partial charge >= 0.3 is 0 Å². The lowest BCUT2D eigenvalue weighted by Gasteiger charge is -2.30. The Hall–Kier alpha value is -1.84. The van der Waals surface area contributed by atoms with Gasteiger partial charge in [-0.15, -0.1) is 0 Å². The van der Waals surface area contributed by atoms with E-state index in [4.69, 9.17) is 0 Å². The third-order valence-electron chi connectivity index (χ3n) is 5.64. The average Bonchev–Trinajstić information content (AvgIpc) is 3.17. The Morgan fingerprint density at radius 1 is 0.967 bits per heavy atom. The van der Waals surface area contributed by atoms with Crippen molar-refractivity contribution in [3.63, 3.8) is 0 Å². The summed E-state index contributed by atoms with van der Waals surface area (Å²) in [5.74, 6) is -0.941. The van der Waals surface area contributed by atoms with Gasteiger partial charge in [0.1, 0.15) is 16.4 Å². The molecule has 30 heavy (non-hydrogen) atoms. The first-order valence-corrected chi connectivity index (χ1v) is 12.1. The molecule has 4 rings (SSSR count). The van der Waals surface area contributed by atoms with Gasteiger partial charge in [-0.3, -0.25) is 4.90 Å². The van der Waals surface area contributed by atoms with Crippen molar-refractivity contribution in [3.8, 4) is 0 Å². The summed E-state index contributed by atoms with van der Waals surface area (Å²) in [5.41, 5.74) is 1.52. The van der Waals surface area contributed by atoms with Gasteiger partial charge in [-0.05, 0) is 76.5 Å². The predicted molar refractivity (Wildman–Crippen MR) is 121 cm³/mol. The molecule has 0 N–H and O–H groups in total. The molecule has 3 aromatic carbocycles. The molecule has 1 fully saturated rings. The first-order valence-electron chi connectivity index (χ1n) is 9.54. The van der Waals surface area contributed by atoms with Crippen molar-refractivity contribution in [2.75, 3.05) is 13.1 Å². The number of likely N-dealkylation sites (tertiary alicyclic amines) is 1. The molecule has 1 aliphatic rings. The van der Waals surface area contributed by atoms with Crippen LogP contribution >= 0.6 is 22.6 Å². The van der Waals surface area contributed by atoms with Crippen LogP contribution in [-0.2, 0) is 21.1 Å². The second-order valence-corrected chi connectivity index (χ2v) is 10.9. The maximum Gasteiger partial charge on any atom is 0.189 e. The predicted octanol–water partition coefficient (Wildman–Crippen LogP) is 5.14. The van der Waals surface area contributed by atoms with E-state index in [0.29, 0.717) is 28.6 Å². The lowest BCUT2D eigenvalue weighted by molar-refractivity contribution is 0.320. The van der Waals surface area contributed by atoms with Crippen molar-refractivity contribution in [1.82, 2.24) is 4.90 Å². The van der Waals surface area contributed by atoms with E-state index in [1.807, 2.05) is 52.9 Å². The molecule has 156 valence electrons. The van der Waals surface area contributed by atoms with Crippen LogP contribution < -0.4 is 0 Å². The molecular weight excluding hydrogens is 519 g/mol. The Kier molecular flexibility index (Phi) is 5.96. The minimum Gasteiger partial charge on any atom is -0.297 e. The van der Waals surface area contributed by atoms with Crippen LogP contribution in [0.25, 0.3) is 0 Å². The third-order valence-corrected chi connectivity index (χ3v) is 9.01. The average molecular weight is 539 g/mol. The van der Waals surface area contributed by atoms with Crippen LogP contribution in [0.4, 0.5) is 8.78 Å². The molecular formula is C23H20F2INO2S. The summed E-state index contributed by atoms with van der Waals surface area (Å²) in [6.45, 7) is 1.40. The van der Waals surface area contributed by atoms with E-state index >= 15 is 0 Å². The molecule has 0 saturated carbocycles. The number of hydrogen-bond acceptors (Lipinski definition) is 3. The van der Waals surface area contributed by atoms with Crippen LogP contribution in [0.1, 0.15) is 17.5 Å². The highest BCUT2D eigenvalue weighted by Gasteiger charge is 2.51. The van der Waals surface area contributed by atoms with Gasteiger partial charge in [0.25, 0.3) is 0 Å². The zero-order valence-electron chi connectivity index (χ0n) is 16.1. The number of sulfone groups is 1. The van der Waals surface area contributed by atoms with E-state index in [-0.39, 0.29) is 11.4 Å². The summed E-state index contributed by atoms with van der Waals surface area (Å²) in [7, 11) is -3.90. The van der Waals surface area contributed by atoms with Crippen molar-refractivity contribution >= 4 is 32.4 Å². The quantitative estimate of drug-likeness (QED) is 0.333. The van der Waals surface area contributed by atoms with Crippen LogP contribution in [-0.4, -0.2) is 26.4 Å². The number of halogens is 3. The molecule has 1 aliphatic heterocycles. The highest BCUT2D eigenvalue weighted by atomic mass is 127. The van der Waals surface area contributed by atoms with E-state index < -0.39 is 26.2 Å². The van der Waals surface area contributed by atoms with Gasteiger partial charge in [-0.25, -0.2) is 17.2 Å². The van der Waals surface area contributed by atoms with Crippen molar-refractivity contribution in [3.05, 3.63) is 99.1 Å². The molecule has 1 saturated heterocycles. The standard InChI is InChI=1S/C23H20F2INO2S/c24-19-7-9-20(10-8-19)30(28,29)23(18-6-11-22(26)21(25)14-18)12-13-27(16-23)15-17-4-2-1-3-5-17/h1-11,14H,12-13,15-16H2/t23-/m1/s1. The van der Waals surface area contributed by atoms with Crippen LogP contribution in [0.2, 0.25) is 0 Å². The molecule has 0 radical (unpaired) electrons. The zero-order chi connectivity index (χ0) is 21.4. The van der Waals surface area contributed by atoms with Crippen LogP contribution in [0.15, 0.2) is 77.7 Å². The summed E-state index contributed by atoms with van der Waals surface area (Å²) in [4.78, 5) is 2.12. The fourth-order valence-electron chi connectivity index (χ4n) is 4.06. The SMILES string of the molecule is O=S(=O)(c1ccc(F)cc1)[C@]1(c2ccc(I)c(F)c2)CCN(Cc2ccccc2)C1. The fourth-order valence-corrected chi connectivity index (χ4v) is 6.49. The molecule has 0 bridgehead atoms. The maximum absolute atomic E-state index is 14.4. The van der Waals surface area contributed by atoms with Gasteiger partial charge in [-0.1, -0.05) is 36.4 Å². The van der Waals surface area contributed by atoms with Gasteiger partial charge < -0.3 is 0 Å². The van der Waals surface area contributed by atoms with E-state index in [1.165, 1.54) is 18.2 Å². The molecule has 0 aliphatic carbocycles. The van der Waals surface area contributed by atoms with Crippen LogP contribution in [0.5, 0.6) is 0 Å². The molecule has 0 spiro atoms. The summed E-state index contributed by atoms with van der Waals surface area (Å²) >= 11 is 1.89. The maximum atomic E-state index is 14.4. The minimum absolute atomic E-state index is 0.0458. The first-order chi connectivity index (χ1) is 14.3. The Bertz CT molecular complexity index is 1150. The van der Waals surface area contributed by atoms with Crippen LogP contribution in [0.3, 0.4) is 0 Å². The molecule has 3 nitrogen and oxygen atoms in total. The fraction of sp³-hybridized carbons (Fsp3) is 0.217. The highest BCUT2D eigenvalue weighted by molar-refractivity contribution is 14.1. The monoisotopic (exact) mass is 539 g/mol. The van der Waals surface area contributed by atoms with Crippen molar-refractivity contribution < 1.29 is 17.2 Å². The first kappa shape index (κ1) is 21.4. The Morgan fingerprint density at radius 2 is 1.67 bits per heavy atom.